The van der Waals surface area contributed by atoms with Crippen LogP contribution in [0.25, 0.3) is 0 Å². The average Bonchev–Trinajstić information content (AvgIpc) is 2.96. The first kappa shape index (κ1) is 13.3. The van der Waals surface area contributed by atoms with Crippen molar-refractivity contribution in [1.82, 2.24) is 0 Å². The fraction of sp³-hybridized carbons (Fsp3) is 0.312. The summed E-state index contributed by atoms with van der Waals surface area (Å²) in [6, 6.07) is 9.46. The van der Waals surface area contributed by atoms with Gasteiger partial charge in [0.25, 0.3) is 0 Å². The van der Waals surface area contributed by atoms with E-state index in [1.165, 1.54) is 10.4 Å². The van der Waals surface area contributed by atoms with Crippen molar-refractivity contribution in [2.24, 2.45) is 0 Å². The lowest BCUT2D eigenvalue weighted by atomic mass is 9.87. The second-order valence-corrected chi connectivity index (χ2v) is 6.05. The molecule has 0 radical (unpaired) electrons. The fourth-order valence-corrected chi connectivity index (χ4v) is 3.75. The number of aryl methyl sites for hydroxylation is 1. The van der Waals surface area contributed by atoms with Gasteiger partial charge in [0.05, 0.1) is 12.5 Å². The van der Waals surface area contributed by atoms with Crippen LogP contribution in [-0.2, 0) is 17.8 Å². The van der Waals surface area contributed by atoms with Crippen LogP contribution >= 0.6 is 11.3 Å². The number of para-hydroxylation sites is 1. The molecule has 4 heteroatoms. The highest BCUT2D eigenvalue weighted by molar-refractivity contribution is 7.10. The molecule has 1 atom stereocenters. The van der Waals surface area contributed by atoms with E-state index in [0.717, 1.165) is 24.8 Å². The standard InChI is InChI=1S/C16H17NO2S/c18-10-11-4-1-2-6-14(11)17-16(19)13-5-3-7-15-12(13)8-9-20-15/h1-2,4,6,8-9,13,18H,3,5,7,10H2,(H,17,19). The first-order valence-electron chi connectivity index (χ1n) is 6.85. The molecule has 0 spiro atoms. The first-order chi connectivity index (χ1) is 9.79. The Balaban J connectivity index is 1.81. The number of aliphatic hydroxyl groups excluding tert-OH is 1. The van der Waals surface area contributed by atoms with Crippen LogP contribution in [-0.4, -0.2) is 11.0 Å². The Bertz CT molecular complexity index is 620. The number of fused-ring (bicyclic) bond motifs is 1. The lowest BCUT2D eigenvalue weighted by molar-refractivity contribution is -0.117. The highest BCUT2D eigenvalue weighted by Crippen LogP contribution is 2.35. The number of thiophene rings is 1. The van der Waals surface area contributed by atoms with Crippen LogP contribution in [0.5, 0.6) is 0 Å². The largest absolute Gasteiger partial charge is 0.392 e. The van der Waals surface area contributed by atoms with Gasteiger partial charge < -0.3 is 10.4 Å². The normalized spacial score (nSPS) is 17.6. The van der Waals surface area contributed by atoms with Crippen molar-refractivity contribution in [2.45, 2.75) is 31.8 Å². The fourth-order valence-electron chi connectivity index (χ4n) is 2.76. The number of aliphatic hydroxyl groups is 1. The zero-order valence-corrected chi connectivity index (χ0v) is 12.0. The molecule has 2 N–H and O–H groups in total. The minimum Gasteiger partial charge on any atom is -0.392 e. The van der Waals surface area contributed by atoms with Crippen molar-refractivity contribution in [1.29, 1.82) is 0 Å². The zero-order chi connectivity index (χ0) is 13.9. The molecule has 2 aromatic rings. The van der Waals surface area contributed by atoms with E-state index >= 15 is 0 Å². The van der Waals surface area contributed by atoms with E-state index in [4.69, 9.17) is 0 Å². The summed E-state index contributed by atoms with van der Waals surface area (Å²) in [6.07, 6.45) is 3.05. The summed E-state index contributed by atoms with van der Waals surface area (Å²) in [5.41, 5.74) is 2.64. The molecule has 1 aliphatic carbocycles. The van der Waals surface area contributed by atoms with Crippen LogP contribution < -0.4 is 5.32 Å². The zero-order valence-electron chi connectivity index (χ0n) is 11.1. The predicted molar refractivity (Wildman–Crippen MR) is 81.0 cm³/mol. The summed E-state index contributed by atoms with van der Waals surface area (Å²) >= 11 is 1.74. The van der Waals surface area contributed by atoms with Gasteiger partial charge in [0.2, 0.25) is 5.91 Å². The smallest absolute Gasteiger partial charge is 0.231 e. The number of rotatable bonds is 3. The van der Waals surface area contributed by atoms with Gasteiger partial charge in [0.15, 0.2) is 0 Å². The predicted octanol–water partition coefficient (Wildman–Crippen LogP) is 3.30. The monoisotopic (exact) mass is 287 g/mol. The number of carbonyl (C=O) groups excluding carboxylic acids is 1. The van der Waals surface area contributed by atoms with Crippen molar-refractivity contribution in [3.05, 3.63) is 51.7 Å². The van der Waals surface area contributed by atoms with Crippen molar-refractivity contribution >= 4 is 22.9 Å². The molecule has 3 rings (SSSR count). The molecule has 1 aliphatic rings. The van der Waals surface area contributed by atoms with Gasteiger partial charge in [-0.2, -0.15) is 0 Å². The number of hydrogen-bond donors (Lipinski definition) is 2. The molecular formula is C16H17NO2S. The van der Waals surface area contributed by atoms with Gasteiger partial charge in [0.1, 0.15) is 0 Å². The molecule has 1 aromatic carbocycles. The van der Waals surface area contributed by atoms with E-state index in [1.54, 1.807) is 11.3 Å². The molecule has 3 nitrogen and oxygen atoms in total. The van der Waals surface area contributed by atoms with Crippen molar-refractivity contribution in [2.75, 3.05) is 5.32 Å². The molecule has 0 fully saturated rings. The molecule has 0 bridgehead atoms. The second-order valence-electron chi connectivity index (χ2n) is 5.05. The van der Waals surface area contributed by atoms with Gasteiger partial charge in [-0.3, -0.25) is 4.79 Å². The molecule has 1 heterocycles. The Labute approximate surface area is 122 Å². The number of nitrogens with one attached hydrogen (secondary N) is 1. The van der Waals surface area contributed by atoms with Crippen LogP contribution in [0.1, 0.15) is 34.8 Å². The summed E-state index contributed by atoms with van der Waals surface area (Å²) in [6.45, 7) is -0.0647. The Hall–Kier alpha value is -1.65. The molecule has 1 aromatic heterocycles. The van der Waals surface area contributed by atoms with Crippen molar-refractivity contribution in [3.63, 3.8) is 0 Å². The average molecular weight is 287 g/mol. The van der Waals surface area contributed by atoms with E-state index < -0.39 is 0 Å². The summed E-state index contributed by atoms with van der Waals surface area (Å²) in [5.74, 6) is -0.0259. The first-order valence-corrected chi connectivity index (χ1v) is 7.73. The van der Waals surface area contributed by atoms with Gasteiger partial charge in [0, 0.05) is 16.1 Å². The maximum Gasteiger partial charge on any atom is 0.231 e. The Morgan fingerprint density at radius 3 is 3.05 bits per heavy atom. The van der Waals surface area contributed by atoms with Gasteiger partial charge in [-0.1, -0.05) is 18.2 Å². The molecule has 1 amide bonds. The number of amides is 1. The third kappa shape index (κ3) is 2.49. The summed E-state index contributed by atoms with van der Waals surface area (Å²) in [5, 5.41) is 14.4. The Morgan fingerprint density at radius 2 is 2.20 bits per heavy atom. The summed E-state index contributed by atoms with van der Waals surface area (Å²) in [7, 11) is 0. The quantitative estimate of drug-likeness (QED) is 0.910. The minimum atomic E-state index is -0.0647. The van der Waals surface area contributed by atoms with Crippen LogP contribution in [0.4, 0.5) is 5.69 Å². The summed E-state index contributed by atoms with van der Waals surface area (Å²) in [4.78, 5) is 13.8. The van der Waals surface area contributed by atoms with Crippen molar-refractivity contribution < 1.29 is 9.90 Å². The molecular weight excluding hydrogens is 270 g/mol. The van der Waals surface area contributed by atoms with Gasteiger partial charge in [-0.25, -0.2) is 0 Å². The van der Waals surface area contributed by atoms with Crippen LogP contribution in [0.15, 0.2) is 35.7 Å². The number of carbonyl (C=O) groups is 1. The topological polar surface area (TPSA) is 49.3 Å². The summed E-state index contributed by atoms with van der Waals surface area (Å²) < 4.78 is 0. The third-order valence-corrected chi connectivity index (χ3v) is 4.81. The minimum absolute atomic E-state index is 0.0326. The third-order valence-electron chi connectivity index (χ3n) is 3.81. The van der Waals surface area contributed by atoms with E-state index in [9.17, 15) is 9.90 Å². The van der Waals surface area contributed by atoms with E-state index in [0.29, 0.717) is 5.69 Å². The molecule has 20 heavy (non-hydrogen) atoms. The van der Waals surface area contributed by atoms with E-state index in [1.807, 2.05) is 24.3 Å². The Morgan fingerprint density at radius 1 is 1.35 bits per heavy atom. The molecule has 0 aliphatic heterocycles. The lowest BCUT2D eigenvalue weighted by Gasteiger charge is -2.22. The maximum atomic E-state index is 12.5. The van der Waals surface area contributed by atoms with Gasteiger partial charge in [-0.15, -0.1) is 11.3 Å². The van der Waals surface area contributed by atoms with E-state index in [2.05, 4.69) is 16.8 Å². The van der Waals surface area contributed by atoms with Crippen LogP contribution in [0.2, 0.25) is 0 Å². The molecule has 104 valence electrons. The highest BCUT2D eigenvalue weighted by Gasteiger charge is 2.27. The van der Waals surface area contributed by atoms with Crippen LogP contribution in [0.3, 0.4) is 0 Å². The van der Waals surface area contributed by atoms with Gasteiger partial charge in [-0.05, 0) is 42.3 Å². The lowest BCUT2D eigenvalue weighted by Crippen LogP contribution is -2.24. The SMILES string of the molecule is O=C(Nc1ccccc1CO)C1CCCc2sccc21. The number of anilines is 1. The van der Waals surface area contributed by atoms with Crippen LogP contribution in [0, 0.1) is 0 Å². The number of hydrogen-bond acceptors (Lipinski definition) is 3. The molecule has 0 saturated carbocycles. The maximum absolute atomic E-state index is 12.5. The second kappa shape index (κ2) is 5.77. The number of benzene rings is 1. The highest BCUT2D eigenvalue weighted by atomic mass is 32.1. The van der Waals surface area contributed by atoms with Gasteiger partial charge >= 0.3 is 0 Å². The Kier molecular flexibility index (Phi) is 3.85. The molecule has 1 unspecified atom stereocenters. The van der Waals surface area contributed by atoms with E-state index in [-0.39, 0.29) is 18.4 Å². The van der Waals surface area contributed by atoms with Crippen molar-refractivity contribution in [3.8, 4) is 0 Å². The molecule has 0 saturated heterocycles.